The van der Waals surface area contributed by atoms with E-state index >= 15 is 0 Å². The molecular weight excluding hydrogens is 383 g/mol. The van der Waals surface area contributed by atoms with Crippen LogP contribution in [0.15, 0.2) is 66.1 Å². The Morgan fingerprint density at radius 3 is 2.67 bits per heavy atom. The van der Waals surface area contributed by atoms with Crippen LogP contribution in [0.4, 0.5) is 4.39 Å². The predicted molar refractivity (Wildman–Crippen MR) is 109 cm³/mol. The monoisotopic (exact) mass is 404 g/mol. The summed E-state index contributed by atoms with van der Waals surface area (Å²) >= 11 is 8.17. The van der Waals surface area contributed by atoms with Gasteiger partial charge in [0.2, 0.25) is 0 Å². The zero-order chi connectivity index (χ0) is 19.3. The molecule has 0 amide bonds. The van der Waals surface area contributed by atoms with E-state index in [1.807, 2.05) is 42.9 Å². The van der Waals surface area contributed by atoms with Gasteiger partial charge >= 0.3 is 0 Å². The summed E-state index contributed by atoms with van der Waals surface area (Å²) in [6.45, 7) is 3.00. The average molecular weight is 405 g/mol. The van der Waals surface area contributed by atoms with Crippen molar-refractivity contribution in [3.8, 4) is 5.75 Å². The van der Waals surface area contributed by atoms with E-state index in [4.69, 9.17) is 16.3 Å². The van der Waals surface area contributed by atoms with Gasteiger partial charge in [-0.3, -0.25) is 0 Å². The van der Waals surface area contributed by atoms with Gasteiger partial charge in [0.15, 0.2) is 0 Å². The van der Waals surface area contributed by atoms with Crippen LogP contribution in [0.2, 0.25) is 5.02 Å². The first kappa shape index (κ1) is 19.8. The lowest BCUT2D eigenvalue weighted by molar-refractivity contribution is 0.413. The number of hydrogen-bond donors (Lipinski definition) is 0. The quantitative estimate of drug-likeness (QED) is 0.439. The maximum absolute atomic E-state index is 13.2. The standard InChI is InChI=1S/C21H22ClFN2OS/c1-21(14-25-12-11-24-15-25,10-9-16-3-5-17(23)6-4-16)27-20-13-18(26-2)7-8-19(20)22/h3-8,11-13,15H,9-10,14H2,1-2H3. The maximum atomic E-state index is 13.2. The van der Waals surface area contributed by atoms with E-state index in [2.05, 4.69) is 16.5 Å². The number of rotatable bonds is 8. The van der Waals surface area contributed by atoms with Crippen molar-refractivity contribution in [3.63, 3.8) is 0 Å². The second-order valence-electron chi connectivity index (χ2n) is 6.71. The number of nitrogens with zero attached hydrogens (tertiary/aromatic N) is 2. The van der Waals surface area contributed by atoms with Crippen LogP contribution in [0.5, 0.6) is 5.75 Å². The van der Waals surface area contributed by atoms with Gasteiger partial charge in [-0.2, -0.15) is 0 Å². The molecule has 27 heavy (non-hydrogen) atoms. The molecule has 3 aromatic rings. The molecule has 0 bridgehead atoms. The molecule has 0 aliphatic carbocycles. The Morgan fingerprint density at radius 1 is 1.22 bits per heavy atom. The molecule has 1 aromatic heterocycles. The smallest absolute Gasteiger partial charge is 0.123 e. The molecule has 142 valence electrons. The van der Waals surface area contributed by atoms with Crippen molar-refractivity contribution in [2.75, 3.05) is 7.11 Å². The zero-order valence-corrected chi connectivity index (χ0v) is 16.9. The number of halogens is 2. The molecule has 2 aromatic carbocycles. The Labute approximate surface area is 168 Å². The molecule has 6 heteroatoms. The van der Waals surface area contributed by atoms with E-state index in [0.717, 1.165) is 35.6 Å². The zero-order valence-electron chi connectivity index (χ0n) is 15.4. The van der Waals surface area contributed by atoms with Crippen molar-refractivity contribution >= 4 is 23.4 Å². The summed E-state index contributed by atoms with van der Waals surface area (Å²) in [4.78, 5) is 5.14. The summed E-state index contributed by atoms with van der Waals surface area (Å²) < 4.78 is 20.5. The van der Waals surface area contributed by atoms with E-state index in [1.54, 1.807) is 25.1 Å². The summed E-state index contributed by atoms with van der Waals surface area (Å²) in [5.41, 5.74) is 1.12. The number of thioether (sulfide) groups is 1. The second-order valence-corrected chi connectivity index (χ2v) is 8.75. The average Bonchev–Trinajstić information content (AvgIpc) is 3.16. The Bertz CT molecular complexity index is 870. The fourth-order valence-electron chi connectivity index (χ4n) is 2.94. The van der Waals surface area contributed by atoms with Crippen LogP contribution in [0, 0.1) is 5.82 Å². The summed E-state index contributed by atoms with van der Waals surface area (Å²) in [6, 6.07) is 12.4. The van der Waals surface area contributed by atoms with Crippen LogP contribution in [0.3, 0.4) is 0 Å². The fraction of sp³-hybridized carbons (Fsp3) is 0.286. The first-order valence-electron chi connectivity index (χ1n) is 8.70. The predicted octanol–water partition coefficient (Wildman–Crippen LogP) is 5.87. The number of aryl methyl sites for hydroxylation is 1. The van der Waals surface area contributed by atoms with Crippen LogP contribution >= 0.6 is 23.4 Å². The molecule has 3 nitrogen and oxygen atoms in total. The summed E-state index contributed by atoms with van der Waals surface area (Å²) in [5.74, 6) is 0.572. The molecule has 0 N–H and O–H groups in total. The van der Waals surface area contributed by atoms with E-state index < -0.39 is 0 Å². The molecule has 3 rings (SSSR count). The molecule has 1 unspecified atom stereocenters. The van der Waals surface area contributed by atoms with E-state index in [9.17, 15) is 4.39 Å². The Balaban J connectivity index is 1.81. The van der Waals surface area contributed by atoms with E-state index in [1.165, 1.54) is 12.1 Å². The van der Waals surface area contributed by atoms with Crippen LogP contribution in [-0.4, -0.2) is 21.4 Å². The highest BCUT2D eigenvalue weighted by molar-refractivity contribution is 8.00. The molecule has 0 saturated carbocycles. The van der Waals surface area contributed by atoms with Crippen molar-refractivity contribution in [2.45, 2.75) is 36.0 Å². The molecule has 0 aliphatic rings. The third-order valence-corrected chi connectivity index (χ3v) is 6.25. The summed E-state index contributed by atoms with van der Waals surface area (Å²) in [7, 11) is 1.65. The molecule has 0 fully saturated rings. The lowest BCUT2D eigenvalue weighted by Crippen LogP contribution is -2.27. The van der Waals surface area contributed by atoms with Crippen molar-refractivity contribution in [2.24, 2.45) is 0 Å². The van der Waals surface area contributed by atoms with Gasteiger partial charge < -0.3 is 9.30 Å². The SMILES string of the molecule is COc1ccc(Cl)c(SC(C)(CCc2ccc(F)cc2)Cn2ccnc2)c1. The molecule has 1 atom stereocenters. The maximum Gasteiger partial charge on any atom is 0.123 e. The van der Waals surface area contributed by atoms with Crippen molar-refractivity contribution in [3.05, 3.63) is 77.6 Å². The molecule has 1 heterocycles. The Hall–Kier alpha value is -1.98. The van der Waals surface area contributed by atoms with Crippen LogP contribution < -0.4 is 4.74 Å². The summed E-state index contributed by atoms with van der Waals surface area (Å²) in [6.07, 6.45) is 7.31. The number of benzene rings is 2. The van der Waals surface area contributed by atoms with Gasteiger partial charge in [0.1, 0.15) is 11.6 Å². The molecule has 0 saturated heterocycles. The van der Waals surface area contributed by atoms with Gasteiger partial charge in [0.25, 0.3) is 0 Å². The second kappa shape index (κ2) is 8.81. The Morgan fingerprint density at radius 2 is 2.00 bits per heavy atom. The minimum Gasteiger partial charge on any atom is -0.497 e. The number of imidazole rings is 1. The highest BCUT2D eigenvalue weighted by Gasteiger charge is 2.27. The topological polar surface area (TPSA) is 27.1 Å². The normalized spacial score (nSPS) is 13.3. The van der Waals surface area contributed by atoms with Crippen LogP contribution in [0.25, 0.3) is 0 Å². The highest BCUT2D eigenvalue weighted by Crippen LogP contribution is 2.42. The van der Waals surface area contributed by atoms with E-state index in [-0.39, 0.29) is 10.6 Å². The van der Waals surface area contributed by atoms with Crippen LogP contribution in [0.1, 0.15) is 18.9 Å². The highest BCUT2D eigenvalue weighted by atomic mass is 35.5. The molecular formula is C21H22ClFN2OS. The first-order valence-corrected chi connectivity index (χ1v) is 9.90. The van der Waals surface area contributed by atoms with Gasteiger partial charge in [0.05, 0.1) is 18.5 Å². The lowest BCUT2D eigenvalue weighted by Gasteiger charge is -2.30. The van der Waals surface area contributed by atoms with Crippen molar-refractivity contribution in [1.82, 2.24) is 9.55 Å². The minimum absolute atomic E-state index is 0.134. The first-order chi connectivity index (χ1) is 13.0. The van der Waals surface area contributed by atoms with Gasteiger partial charge in [-0.05, 0) is 55.7 Å². The van der Waals surface area contributed by atoms with Crippen LogP contribution in [-0.2, 0) is 13.0 Å². The van der Waals surface area contributed by atoms with Crippen molar-refractivity contribution in [1.29, 1.82) is 0 Å². The van der Waals surface area contributed by atoms with Gasteiger partial charge in [-0.1, -0.05) is 23.7 Å². The van der Waals surface area contributed by atoms with E-state index in [0.29, 0.717) is 5.02 Å². The lowest BCUT2D eigenvalue weighted by atomic mass is 10.00. The third kappa shape index (κ3) is 5.50. The third-order valence-electron chi connectivity index (χ3n) is 4.43. The fourth-order valence-corrected chi connectivity index (χ4v) is 4.47. The Kier molecular flexibility index (Phi) is 6.45. The van der Waals surface area contributed by atoms with Crippen molar-refractivity contribution < 1.29 is 9.13 Å². The number of aromatic nitrogens is 2. The number of methoxy groups -OCH3 is 1. The molecule has 0 aliphatic heterocycles. The molecule has 0 spiro atoms. The summed E-state index contributed by atoms with van der Waals surface area (Å²) in [5, 5.41) is 0.708. The number of hydrogen-bond acceptors (Lipinski definition) is 3. The van der Waals surface area contributed by atoms with Gasteiger partial charge in [-0.25, -0.2) is 9.37 Å². The van der Waals surface area contributed by atoms with Gasteiger partial charge in [0, 0.05) is 28.6 Å². The number of ether oxygens (including phenoxy) is 1. The largest absolute Gasteiger partial charge is 0.497 e. The minimum atomic E-state index is -0.211. The molecule has 0 radical (unpaired) electrons. The van der Waals surface area contributed by atoms with Gasteiger partial charge in [-0.15, -0.1) is 11.8 Å².